The van der Waals surface area contributed by atoms with E-state index in [0.717, 1.165) is 32.3 Å². The first-order valence-corrected chi connectivity index (χ1v) is 7.09. The quantitative estimate of drug-likeness (QED) is 0.387. The van der Waals surface area contributed by atoms with Gasteiger partial charge >= 0.3 is 0 Å². The molecule has 19 heavy (non-hydrogen) atoms. The third kappa shape index (κ3) is 1.43. The second-order valence-electron chi connectivity index (χ2n) is 4.65. The van der Waals surface area contributed by atoms with E-state index in [-0.39, 0.29) is 0 Å². The first-order valence-electron chi connectivity index (χ1n) is 6.01. The minimum absolute atomic E-state index is 0.366. The summed E-state index contributed by atoms with van der Waals surface area (Å²) < 4.78 is 22.7. The fraction of sp³-hybridized carbons (Fsp3) is 0. The molecule has 4 rings (SSSR count). The van der Waals surface area contributed by atoms with Gasteiger partial charge in [0.25, 0.3) is 0 Å². The lowest BCUT2D eigenvalue weighted by Crippen LogP contribution is -1.92. The molecule has 0 aliphatic heterocycles. The smallest absolute Gasteiger partial charge is 0.0327 e. The molecule has 92 valence electrons. The van der Waals surface area contributed by atoms with E-state index in [1.54, 1.807) is 6.07 Å². The van der Waals surface area contributed by atoms with Crippen LogP contribution in [0.3, 0.4) is 0 Å². The van der Waals surface area contributed by atoms with Crippen molar-refractivity contribution in [1.82, 2.24) is 0 Å². The Labute approximate surface area is 112 Å². The summed E-state index contributed by atoms with van der Waals surface area (Å²) in [5, 5.41) is 6.35. The van der Waals surface area contributed by atoms with Gasteiger partial charge in [0.1, 0.15) is 0 Å². The van der Waals surface area contributed by atoms with Gasteiger partial charge in [-0.25, -0.2) is 0 Å². The van der Waals surface area contributed by atoms with Crippen LogP contribution >= 0.6 is 0 Å². The summed E-state index contributed by atoms with van der Waals surface area (Å²) in [7, 11) is 0. The zero-order chi connectivity index (χ0) is 13.0. The molecular weight excluding hydrogens is 256 g/mol. The molecule has 2 nitrogen and oxygen atoms in total. The van der Waals surface area contributed by atoms with Gasteiger partial charge in [-0.1, -0.05) is 48.5 Å². The van der Waals surface area contributed by atoms with E-state index in [0.29, 0.717) is 4.90 Å². The molecule has 0 amide bonds. The maximum Gasteiger partial charge on any atom is 0.0327 e. The predicted octanol–water partition coefficient (Wildman–Crippen LogP) is 3.82. The van der Waals surface area contributed by atoms with Crippen LogP contribution in [-0.2, 0) is 11.1 Å². The van der Waals surface area contributed by atoms with E-state index in [1.807, 2.05) is 30.3 Å². The molecule has 0 spiro atoms. The molecule has 0 aliphatic carbocycles. The molecule has 0 bridgehead atoms. The van der Waals surface area contributed by atoms with Crippen molar-refractivity contribution < 1.29 is 8.76 Å². The maximum atomic E-state index is 11.3. The third-order valence-corrected chi connectivity index (χ3v) is 4.38. The van der Waals surface area contributed by atoms with Crippen LogP contribution in [0.25, 0.3) is 32.3 Å². The van der Waals surface area contributed by atoms with Gasteiger partial charge in [0, 0.05) is 4.90 Å². The molecule has 3 heteroatoms. The Kier molecular flexibility index (Phi) is 2.16. The molecule has 0 aromatic heterocycles. The third-order valence-electron chi connectivity index (χ3n) is 3.67. The zero-order valence-corrected chi connectivity index (χ0v) is 10.7. The number of hydrogen-bond donors (Lipinski definition) is 0. The van der Waals surface area contributed by atoms with Crippen molar-refractivity contribution in [3.63, 3.8) is 0 Å². The minimum Gasteiger partial charge on any atom is -0.768 e. The predicted molar refractivity (Wildman–Crippen MR) is 77.3 cm³/mol. The van der Waals surface area contributed by atoms with E-state index < -0.39 is 11.1 Å². The van der Waals surface area contributed by atoms with Crippen molar-refractivity contribution in [1.29, 1.82) is 0 Å². The highest BCUT2D eigenvalue weighted by Crippen LogP contribution is 2.36. The molecule has 0 heterocycles. The van der Waals surface area contributed by atoms with Crippen LogP contribution in [0, 0.1) is 0 Å². The molecule has 0 saturated carbocycles. The molecule has 0 aliphatic rings. The molecule has 1 unspecified atom stereocenters. The fourth-order valence-corrected chi connectivity index (χ4v) is 3.38. The van der Waals surface area contributed by atoms with Crippen molar-refractivity contribution >= 4 is 43.4 Å². The largest absolute Gasteiger partial charge is 0.768 e. The summed E-state index contributed by atoms with van der Waals surface area (Å²) in [5.41, 5.74) is 0. The average Bonchev–Trinajstić information content (AvgIpc) is 2.44. The Morgan fingerprint density at radius 2 is 1.32 bits per heavy atom. The van der Waals surface area contributed by atoms with Gasteiger partial charge in [0.05, 0.1) is 0 Å². The van der Waals surface area contributed by atoms with Crippen molar-refractivity contribution in [2.75, 3.05) is 0 Å². The molecule has 0 fully saturated rings. The lowest BCUT2D eigenvalue weighted by molar-refractivity contribution is 0.538. The Hall–Kier alpha value is -1.97. The lowest BCUT2D eigenvalue weighted by Gasteiger charge is -2.14. The van der Waals surface area contributed by atoms with Crippen LogP contribution in [0.1, 0.15) is 0 Å². The Morgan fingerprint density at radius 3 is 2.00 bits per heavy atom. The first-order chi connectivity index (χ1) is 9.25. The summed E-state index contributed by atoms with van der Waals surface area (Å²) in [5.74, 6) is 0. The normalized spacial score (nSPS) is 13.5. The highest BCUT2D eigenvalue weighted by molar-refractivity contribution is 7.79. The molecule has 0 saturated heterocycles. The highest BCUT2D eigenvalue weighted by Gasteiger charge is 2.10. The summed E-state index contributed by atoms with van der Waals surface area (Å²) in [6.45, 7) is 0. The molecular formula is C16H9O2S-. The van der Waals surface area contributed by atoms with Gasteiger partial charge < -0.3 is 4.55 Å². The van der Waals surface area contributed by atoms with E-state index >= 15 is 0 Å². The van der Waals surface area contributed by atoms with E-state index in [1.165, 1.54) is 0 Å². The zero-order valence-electron chi connectivity index (χ0n) is 9.92. The second kappa shape index (κ2) is 3.76. The Morgan fingerprint density at radius 1 is 0.737 bits per heavy atom. The second-order valence-corrected chi connectivity index (χ2v) is 5.56. The molecule has 1 atom stereocenters. The van der Waals surface area contributed by atoms with Gasteiger partial charge in [-0.15, -0.1) is 0 Å². The highest BCUT2D eigenvalue weighted by atomic mass is 32.2. The maximum absolute atomic E-state index is 11.3. The van der Waals surface area contributed by atoms with Crippen LogP contribution in [0.5, 0.6) is 0 Å². The molecule has 4 aromatic carbocycles. The summed E-state index contributed by atoms with van der Waals surface area (Å²) in [4.78, 5) is 0.366. The molecule has 4 aromatic rings. The summed E-state index contributed by atoms with van der Waals surface area (Å²) in [6, 6.07) is 17.7. The van der Waals surface area contributed by atoms with Crippen molar-refractivity contribution in [3.05, 3.63) is 54.6 Å². The van der Waals surface area contributed by atoms with Gasteiger partial charge in [-0.3, -0.25) is 4.21 Å². The number of benzene rings is 4. The van der Waals surface area contributed by atoms with Crippen LogP contribution < -0.4 is 0 Å². The Bertz CT molecular complexity index is 928. The average molecular weight is 265 g/mol. The van der Waals surface area contributed by atoms with Crippen molar-refractivity contribution in [3.8, 4) is 0 Å². The van der Waals surface area contributed by atoms with E-state index in [9.17, 15) is 8.76 Å². The Balaban J connectivity index is 2.38. The SMILES string of the molecule is O=S([O-])c1ccc2ccc3cccc4ccc1c2c34. The van der Waals surface area contributed by atoms with E-state index in [2.05, 4.69) is 18.2 Å². The lowest BCUT2D eigenvalue weighted by atomic mass is 9.94. The van der Waals surface area contributed by atoms with Gasteiger partial charge in [-0.05, 0) is 49.5 Å². The van der Waals surface area contributed by atoms with Crippen molar-refractivity contribution in [2.24, 2.45) is 0 Å². The monoisotopic (exact) mass is 265 g/mol. The van der Waals surface area contributed by atoms with Gasteiger partial charge in [-0.2, -0.15) is 0 Å². The van der Waals surface area contributed by atoms with E-state index in [4.69, 9.17) is 0 Å². The van der Waals surface area contributed by atoms with Crippen molar-refractivity contribution in [2.45, 2.75) is 4.90 Å². The van der Waals surface area contributed by atoms with Gasteiger partial charge in [0.15, 0.2) is 0 Å². The summed E-state index contributed by atoms with van der Waals surface area (Å²) >= 11 is -2.21. The van der Waals surface area contributed by atoms with Crippen LogP contribution in [0.2, 0.25) is 0 Å². The fourth-order valence-electron chi connectivity index (χ4n) is 2.85. The van der Waals surface area contributed by atoms with Crippen LogP contribution in [-0.4, -0.2) is 8.76 Å². The molecule has 0 radical (unpaired) electrons. The van der Waals surface area contributed by atoms with Gasteiger partial charge in [0.2, 0.25) is 0 Å². The van der Waals surface area contributed by atoms with Crippen LogP contribution in [0.15, 0.2) is 59.5 Å². The first kappa shape index (κ1) is 10.9. The minimum atomic E-state index is -2.21. The topological polar surface area (TPSA) is 40.1 Å². The van der Waals surface area contributed by atoms with Crippen LogP contribution in [0.4, 0.5) is 0 Å². The number of hydrogen-bond acceptors (Lipinski definition) is 2. The standard InChI is InChI=1S/C16H10O2S/c17-19(18)14-9-7-12-5-4-10-2-1-3-11-6-8-13(14)16(12)15(10)11/h1-9H,(H,17,18)/p-1. The molecule has 0 N–H and O–H groups in total. The number of rotatable bonds is 1. The summed E-state index contributed by atoms with van der Waals surface area (Å²) in [6.07, 6.45) is 0.